The van der Waals surface area contributed by atoms with E-state index in [0.29, 0.717) is 6.54 Å². The molecule has 3 amide bonds. The molecule has 2 unspecified atom stereocenters. The number of likely N-dealkylation sites (tertiary alicyclic amines) is 1. The maximum absolute atomic E-state index is 11.9. The number of aliphatic carboxylic acids is 1. The fourth-order valence-corrected chi connectivity index (χ4v) is 3.25. The van der Waals surface area contributed by atoms with Crippen LogP contribution in [-0.4, -0.2) is 53.1 Å². The lowest BCUT2D eigenvalue weighted by molar-refractivity contribution is -0.143. The van der Waals surface area contributed by atoms with Crippen molar-refractivity contribution in [3.05, 3.63) is 0 Å². The summed E-state index contributed by atoms with van der Waals surface area (Å²) in [7, 11) is 0. The normalized spacial score (nSPS) is 26.7. The standard InChI is InChI=1S/C14H23N3O4/c1-9-6-7-17(12(9)13(19)20)8-11(18)16-14(21)15-10-4-2-3-5-10/h9-10,12H,2-8H2,1H3,(H,19,20)(H2,15,16,18,21). The molecule has 0 radical (unpaired) electrons. The lowest BCUT2D eigenvalue weighted by Crippen LogP contribution is -2.49. The molecule has 1 saturated heterocycles. The number of nitrogens with one attached hydrogen (secondary N) is 2. The molecule has 1 aliphatic heterocycles. The van der Waals surface area contributed by atoms with Crippen LogP contribution in [0.2, 0.25) is 0 Å². The third-order valence-corrected chi connectivity index (χ3v) is 4.35. The first-order valence-electron chi connectivity index (χ1n) is 7.54. The van der Waals surface area contributed by atoms with E-state index in [1.165, 1.54) is 0 Å². The number of imide groups is 1. The molecule has 2 fully saturated rings. The monoisotopic (exact) mass is 297 g/mol. The van der Waals surface area contributed by atoms with Crippen LogP contribution in [0.3, 0.4) is 0 Å². The van der Waals surface area contributed by atoms with Gasteiger partial charge in [0.05, 0.1) is 6.54 Å². The number of hydrogen-bond donors (Lipinski definition) is 3. The van der Waals surface area contributed by atoms with Crippen molar-refractivity contribution in [3.8, 4) is 0 Å². The van der Waals surface area contributed by atoms with Crippen LogP contribution in [0.1, 0.15) is 39.0 Å². The smallest absolute Gasteiger partial charge is 0.321 e. The van der Waals surface area contributed by atoms with Crippen molar-refractivity contribution in [2.45, 2.75) is 51.1 Å². The minimum Gasteiger partial charge on any atom is -0.480 e. The molecule has 2 aliphatic rings. The molecule has 3 N–H and O–H groups in total. The summed E-state index contributed by atoms with van der Waals surface area (Å²) >= 11 is 0. The van der Waals surface area contributed by atoms with Crippen LogP contribution in [0, 0.1) is 5.92 Å². The Morgan fingerprint density at radius 2 is 1.86 bits per heavy atom. The summed E-state index contributed by atoms with van der Waals surface area (Å²) in [6.07, 6.45) is 4.85. The molecule has 118 valence electrons. The second-order valence-corrected chi connectivity index (χ2v) is 6.02. The Bertz CT molecular complexity index is 420. The van der Waals surface area contributed by atoms with E-state index in [1.54, 1.807) is 4.90 Å². The van der Waals surface area contributed by atoms with E-state index in [-0.39, 0.29) is 18.5 Å². The first-order valence-corrected chi connectivity index (χ1v) is 7.54. The van der Waals surface area contributed by atoms with Crippen LogP contribution in [0.5, 0.6) is 0 Å². The van der Waals surface area contributed by atoms with Gasteiger partial charge in [-0.15, -0.1) is 0 Å². The number of hydrogen-bond acceptors (Lipinski definition) is 4. The van der Waals surface area contributed by atoms with Gasteiger partial charge in [0.1, 0.15) is 6.04 Å². The first kappa shape index (κ1) is 15.8. The molecule has 0 aromatic rings. The average molecular weight is 297 g/mol. The van der Waals surface area contributed by atoms with Gasteiger partial charge in [-0.25, -0.2) is 4.79 Å². The Labute approximate surface area is 124 Å². The van der Waals surface area contributed by atoms with Crippen molar-refractivity contribution < 1.29 is 19.5 Å². The lowest BCUT2D eigenvalue weighted by atomic mass is 10.0. The quantitative estimate of drug-likeness (QED) is 0.704. The van der Waals surface area contributed by atoms with Crippen LogP contribution >= 0.6 is 0 Å². The number of urea groups is 1. The predicted molar refractivity (Wildman–Crippen MR) is 75.7 cm³/mol. The van der Waals surface area contributed by atoms with Gasteiger partial charge in [0.15, 0.2) is 0 Å². The zero-order valence-electron chi connectivity index (χ0n) is 12.3. The number of amides is 3. The number of carboxylic acid groups (broad SMARTS) is 1. The van der Waals surface area contributed by atoms with E-state index in [0.717, 1.165) is 32.1 Å². The molecule has 1 saturated carbocycles. The van der Waals surface area contributed by atoms with Gasteiger partial charge in [0, 0.05) is 6.04 Å². The van der Waals surface area contributed by atoms with Gasteiger partial charge < -0.3 is 10.4 Å². The van der Waals surface area contributed by atoms with Gasteiger partial charge in [-0.05, 0) is 31.7 Å². The van der Waals surface area contributed by atoms with E-state index in [4.69, 9.17) is 0 Å². The topological polar surface area (TPSA) is 98.7 Å². The minimum absolute atomic E-state index is 0.0163. The number of nitrogens with zero attached hydrogens (tertiary/aromatic N) is 1. The molecule has 1 heterocycles. The van der Waals surface area contributed by atoms with Gasteiger partial charge in [-0.2, -0.15) is 0 Å². The molecule has 7 nitrogen and oxygen atoms in total. The summed E-state index contributed by atoms with van der Waals surface area (Å²) in [5.41, 5.74) is 0. The van der Waals surface area contributed by atoms with Crippen molar-refractivity contribution in [3.63, 3.8) is 0 Å². The molecule has 1 aliphatic carbocycles. The molecule has 0 bridgehead atoms. The van der Waals surface area contributed by atoms with Crippen molar-refractivity contribution >= 4 is 17.9 Å². The Morgan fingerprint density at radius 1 is 1.19 bits per heavy atom. The van der Waals surface area contributed by atoms with E-state index >= 15 is 0 Å². The van der Waals surface area contributed by atoms with E-state index in [9.17, 15) is 19.5 Å². The Morgan fingerprint density at radius 3 is 2.48 bits per heavy atom. The number of carbonyl (C=O) groups excluding carboxylic acids is 2. The third-order valence-electron chi connectivity index (χ3n) is 4.35. The van der Waals surface area contributed by atoms with Gasteiger partial charge in [-0.3, -0.25) is 19.8 Å². The highest BCUT2D eigenvalue weighted by atomic mass is 16.4. The second-order valence-electron chi connectivity index (χ2n) is 6.02. The molecule has 21 heavy (non-hydrogen) atoms. The number of rotatable bonds is 4. The summed E-state index contributed by atoms with van der Waals surface area (Å²) in [5.74, 6) is -1.35. The average Bonchev–Trinajstić information content (AvgIpc) is 2.99. The zero-order chi connectivity index (χ0) is 15.4. The molecular weight excluding hydrogens is 274 g/mol. The van der Waals surface area contributed by atoms with Gasteiger partial charge in [0.25, 0.3) is 0 Å². The maximum Gasteiger partial charge on any atom is 0.321 e. The number of carboxylic acids is 1. The van der Waals surface area contributed by atoms with Gasteiger partial charge in [-0.1, -0.05) is 19.8 Å². The van der Waals surface area contributed by atoms with E-state index < -0.39 is 23.9 Å². The second kappa shape index (κ2) is 6.89. The summed E-state index contributed by atoms with van der Waals surface area (Å²) in [5, 5.41) is 14.2. The van der Waals surface area contributed by atoms with Crippen LogP contribution in [0.25, 0.3) is 0 Å². The van der Waals surface area contributed by atoms with Gasteiger partial charge >= 0.3 is 12.0 Å². The highest BCUT2D eigenvalue weighted by Crippen LogP contribution is 2.23. The van der Waals surface area contributed by atoms with Crippen molar-refractivity contribution in [2.75, 3.05) is 13.1 Å². The first-order chi connectivity index (χ1) is 9.97. The van der Waals surface area contributed by atoms with Crippen molar-refractivity contribution in [1.82, 2.24) is 15.5 Å². The molecule has 2 rings (SSSR count). The van der Waals surface area contributed by atoms with Crippen molar-refractivity contribution in [2.24, 2.45) is 5.92 Å². The molecule has 0 aromatic carbocycles. The SMILES string of the molecule is CC1CCN(CC(=O)NC(=O)NC2CCCC2)C1C(=O)O. The van der Waals surface area contributed by atoms with E-state index in [2.05, 4.69) is 10.6 Å². The van der Waals surface area contributed by atoms with Crippen molar-refractivity contribution in [1.29, 1.82) is 0 Å². The summed E-state index contributed by atoms with van der Waals surface area (Å²) in [4.78, 5) is 36.4. The summed E-state index contributed by atoms with van der Waals surface area (Å²) in [6, 6.07) is -0.976. The number of carbonyl (C=O) groups is 3. The molecule has 0 aromatic heterocycles. The molecule has 2 atom stereocenters. The maximum atomic E-state index is 11.9. The fourth-order valence-electron chi connectivity index (χ4n) is 3.25. The minimum atomic E-state index is -0.914. The van der Waals surface area contributed by atoms with Crippen LogP contribution < -0.4 is 10.6 Å². The van der Waals surface area contributed by atoms with Crippen LogP contribution in [0.15, 0.2) is 0 Å². The Balaban J connectivity index is 1.78. The molecular formula is C14H23N3O4. The molecule has 0 spiro atoms. The highest BCUT2D eigenvalue weighted by Gasteiger charge is 2.37. The van der Waals surface area contributed by atoms with Crippen LogP contribution in [0.4, 0.5) is 4.79 Å². The lowest BCUT2D eigenvalue weighted by Gasteiger charge is -2.22. The third kappa shape index (κ3) is 4.17. The van der Waals surface area contributed by atoms with Gasteiger partial charge in [0.2, 0.25) is 5.91 Å². The highest BCUT2D eigenvalue weighted by molar-refractivity contribution is 5.95. The zero-order valence-corrected chi connectivity index (χ0v) is 12.3. The van der Waals surface area contributed by atoms with E-state index in [1.807, 2.05) is 6.92 Å². The Kier molecular flexibility index (Phi) is 5.17. The largest absolute Gasteiger partial charge is 0.480 e. The summed E-state index contributed by atoms with van der Waals surface area (Å²) < 4.78 is 0. The Hall–Kier alpha value is -1.63. The molecule has 7 heteroatoms. The summed E-state index contributed by atoms with van der Waals surface area (Å²) in [6.45, 7) is 2.37. The fraction of sp³-hybridized carbons (Fsp3) is 0.786. The predicted octanol–water partition coefficient (Wildman–Crippen LogP) is 0.550. The van der Waals surface area contributed by atoms with Crippen LogP contribution in [-0.2, 0) is 9.59 Å².